The Morgan fingerprint density at radius 3 is 2.26 bits per heavy atom. The van der Waals surface area contributed by atoms with Crippen LogP contribution >= 0.6 is 11.3 Å². The molecule has 1 unspecified atom stereocenters. The molecule has 42 heavy (non-hydrogen) atoms. The molecule has 7 nitrogen and oxygen atoms in total. The van der Waals surface area contributed by atoms with E-state index in [9.17, 15) is 27.6 Å². The van der Waals surface area contributed by atoms with E-state index in [1.165, 1.54) is 41.7 Å². The number of amides is 3. The maximum absolute atomic E-state index is 13.8. The highest BCUT2D eigenvalue weighted by Crippen LogP contribution is 2.35. The van der Waals surface area contributed by atoms with Crippen molar-refractivity contribution in [3.05, 3.63) is 98.4 Å². The van der Waals surface area contributed by atoms with E-state index in [4.69, 9.17) is 0 Å². The lowest BCUT2D eigenvalue weighted by atomic mass is 9.99. The van der Waals surface area contributed by atoms with E-state index in [0.717, 1.165) is 45.5 Å². The fourth-order valence-electron chi connectivity index (χ4n) is 5.37. The molecule has 1 aliphatic rings. The largest absolute Gasteiger partial charge is 0.416 e. The number of benzene rings is 2. The number of halogens is 3. The van der Waals surface area contributed by atoms with Crippen molar-refractivity contribution >= 4 is 29.1 Å². The number of nitrogens with one attached hydrogen (secondary N) is 1. The van der Waals surface area contributed by atoms with Crippen LogP contribution in [-0.4, -0.2) is 45.0 Å². The first-order valence-electron chi connectivity index (χ1n) is 13.5. The van der Waals surface area contributed by atoms with E-state index in [-0.39, 0.29) is 29.7 Å². The predicted molar refractivity (Wildman–Crippen MR) is 153 cm³/mol. The van der Waals surface area contributed by atoms with Gasteiger partial charge in [-0.05, 0) is 55.2 Å². The zero-order valence-corrected chi connectivity index (χ0v) is 24.1. The monoisotopic (exact) mass is 594 g/mol. The van der Waals surface area contributed by atoms with Crippen LogP contribution in [0.2, 0.25) is 0 Å². The van der Waals surface area contributed by atoms with Gasteiger partial charge in [-0.1, -0.05) is 43.7 Å². The second-order valence-electron chi connectivity index (χ2n) is 10.3. The van der Waals surface area contributed by atoms with Crippen molar-refractivity contribution < 1.29 is 27.6 Å². The number of aryl methyl sites for hydroxylation is 3. The van der Waals surface area contributed by atoms with Crippen LogP contribution in [0.3, 0.4) is 0 Å². The smallest absolute Gasteiger partial charge is 0.346 e. The molecule has 3 heterocycles. The molecule has 2 aromatic carbocycles. The molecule has 1 aliphatic heterocycles. The van der Waals surface area contributed by atoms with Gasteiger partial charge < -0.3 is 5.32 Å². The Bertz CT molecular complexity index is 1620. The summed E-state index contributed by atoms with van der Waals surface area (Å²) in [5, 5.41) is 7.17. The van der Waals surface area contributed by atoms with Crippen LogP contribution in [0.5, 0.6) is 0 Å². The van der Waals surface area contributed by atoms with Gasteiger partial charge >= 0.3 is 6.18 Å². The lowest BCUT2D eigenvalue weighted by molar-refractivity contribution is -0.138. The Hall–Kier alpha value is -4.25. The standard InChI is InChI=1S/C31H29F3N4O3S/c1-4-9-25-23(27-18(2)16-35-37(27)3)15-26(42-25)28(39)36-20(14-19-10-5-8-13-24(19)31(32,33)34)17-38-29(40)21-11-6-7-12-22(21)30(38)41/h5-8,10-13,15-16,20H,4,9,14,17H2,1-3H3,(H,36,39). The van der Waals surface area contributed by atoms with Gasteiger partial charge in [0.2, 0.25) is 0 Å². The van der Waals surface area contributed by atoms with Gasteiger partial charge in [0.05, 0.1) is 39.5 Å². The molecule has 0 fully saturated rings. The second-order valence-corrected chi connectivity index (χ2v) is 11.4. The molecule has 218 valence electrons. The van der Waals surface area contributed by atoms with Crippen molar-refractivity contribution in [1.82, 2.24) is 20.0 Å². The van der Waals surface area contributed by atoms with E-state index in [2.05, 4.69) is 10.4 Å². The number of thiophene rings is 1. The van der Waals surface area contributed by atoms with Gasteiger partial charge in [0.25, 0.3) is 17.7 Å². The Labute approximate surface area is 245 Å². The molecule has 0 bridgehead atoms. The summed E-state index contributed by atoms with van der Waals surface area (Å²) in [7, 11) is 1.83. The minimum Gasteiger partial charge on any atom is -0.346 e. The van der Waals surface area contributed by atoms with Crippen LogP contribution < -0.4 is 5.32 Å². The van der Waals surface area contributed by atoms with Crippen molar-refractivity contribution in [3.8, 4) is 11.3 Å². The number of carbonyl (C=O) groups is 3. The third-order valence-electron chi connectivity index (χ3n) is 7.29. The lowest BCUT2D eigenvalue weighted by Crippen LogP contribution is -2.47. The number of hydrogen-bond acceptors (Lipinski definition) is 5. The summed E-state index contributed by atoms with van der Waals surface area (Å²) in [5.41, 5.74) is 2.29. The van der Waals surface area contributed by atoms with Crippen LogP contribution in [-0.2, 0) is 26.1 Å². The Balaban J connectivity index is 1.48. The van der Waals surface area contributed by atoms with Gasteiger partial charge in [-0.15, -0.1) is 11.3 Å². The molecule has 11 heteroatoms. The van der Waals surface area contributed by atoms with Gasteiger partial charge in [-0.3, -0.25) is 24.0 Å². The molecule has 4 aromatic rings. The molecular weight excluding hydrogens is 565 g/mol. The van der Waals surface area contributed by atoms with Gasteiger partial charge in [-0.2, -0.15) is 18.3 Å². The molecule has 5 rings (SSSR count). The van der Waals surface area contributed by atoms with Crippen LogP contribution in [0.15, 0.2) is 60.8 Å². The van der Waals surface area contributed by atoms with E-state index in [0.29, 0.717) is 4.88 Å². The summed E-state index contributed by atoms with van der Waals surface area (Å²) in [4.78, 5) is 42.2. The molecule has 0 spiro atoms. The topological polar surface area (TPSA) is 84.3 Å². The van der Waals surface area contributed by atoms with Gasteiger partial charge in [0, 0.05) is 24.0 Å². The van der Waals surface area contributed by atoms with Crippen LogP contribution in [0.1, 0.15) is 65.3 Å². The SMILES string of the molecule is CCCc1sc(C(=O)NC(Cc2ccccc2C(F)(F)F)CN2C(=O)c3ccccc3C2=O)cc1-c1c(C)cnn1C. The van der Waals surface area contributed by atoms with E-state index in [1.807, 2.05) is 20.9 Å². The molecule has 0 saturated heterocycles. The Kier molecular flexibility index (Phi) is 8.05. The highest BCUT2D eigenvalue weighted by atomic mass is 32.1. The van der Waals surface area contributed by atoms with E-state index >= 15 is 0 Å². The van der Waals surface area contributed by atoms with Crippen molar-refractivity contribution in [2.45, 2.75) is 45.3 Å². The first-order chi connectivity index (χ1) is 20.0. The lowest BCUT2D eigenvalue weighted by Gasteiger charge is -2.25. The van der Waals surface area contributed by atoms with Crippen LogP contribution in [0.4, 0.5) is 13.2 Å². The highest BCUT2D eigenvalue weighted by molar-refractivity contribution is 7.14. The predicted octanol–water partition coefficient (Wildman–Crippen LogP) is 6.07. The molecule has 2 aromatic heterocycles. The number of carbonyl (C=O) groups excluding carboxylic acids is 3. The fourth-order valence-corrected chi connectivity index (χ4v) is 6.54. The van der Waals surface area contributed by atoms with Crippen molar-refractivity contribution in [3.63, 3.8) is 0 Å². The fraction of sp³-hybridized carbons (Fsp3) is 0.290. The number of nitrogens with zero attached hydrogens (tertiary/aromatic N) is 3. The zero-order valence-electron chi connectivity index (χ0n) is 23.3. The van der Waals surface area contributed by atoms with Gasteiger partial charge in [0.1, 0.15) is 0 Å². The number of aromatic nitrogens is 2. The number of rotatable bonds is 9. The Morgan fingerprint density at radius 2 is 1.67 bits per heavy atom. The number of fused-ring (bicyclic) bond motifs is 1. The van der Waals surface area contributed by atoms with Crippen LogP contribution in [0.25, 0.3) is 11.3 Å². The van der Waals surface area contributed by atoms with Crippen molar-refractivity contribution in [2.75, 3.05) is 6.54 Å². The highest BCUT2D eigenvalue weighted by Gasteiger charge is 2.38. The summed E-state index contributed by atoms with van der Waals surface area (Å²) in [6.07, 6.45) is -1.52. The first-order valence-corrected chi connectivity index (χ1v) is 14.3. The minimum absolute atomic E-state index is 0.0454. The van der Waals surface area contributed by atoms with E-state index < -0.39 is 35.5 Å². The number of imide groups is 1. The number of hydrogen-bond donors (Lipinski definition) is 1. The van der Waals surface area contributed by atoms with E-state index in [1.54, 1.807) is 29.1 Å². The quantitative estimate of drug-likeness (QED) is 0.239. The normalized spacial score (nSPS) is 13.9. The number of alkyl halides is 3. The molecule has 0 saturated carbocycles. The van der Waals surface area contributed by atoms with Gasteiger partial charge in [-0.25, -0.2) is 0 Å². The summed E-state index contributed by atoms with van der Waals surface area (Å²) in [6, 6.07) is 12.2. The first kappa shape index (κ1) is 29.2. The van der Waals surface area contributed by atoms with Gasteiger partial charge in [0.15, 0.2) is 0 Å². The molecular formula is C31H29F3N4O3S. The van der Waals surface area contributed by atoms with Crippen molar-refractivity contribution in [1.29, 1.82) is 0 Å². The maximum Gasteiger partial charge on any atom is 0.416 e. The van der Waals surface area contributed by atoms with Crippen LogP contribution in [0, 0.1) is 6.92 Å². The minimum atomic E-state index is -4.61. The maximum atomic E-state index is 13.8. The average molecular weight is 595 g/mol. The van der Waals surface area contributed by atoms with Crippen molar-refractivity contribution in [2.24, 2.45) is 7.05 Å². The summed E-state index contributed by atoms with van der Waals surface area (Å²) in [5.74, 6) is -1.59. The molecule has 3 amide bonds. The molecule has 0 radical (unpaired) electrons. The summed E-state index contributed by atoms with van der Waals surface area (Å²) in [6.45, 7) is 3.69. The Morgan fingerprint density at radius 1 is 1.02 bits per heavy atom. The molecule has 0 aliphatic carbocycles. The molecule has 1 atom stereocenters. The summed E-state index contributed by atoms with van der Waals surface area (Å²) >= 11 is 1.32. The second kappa shape index (κ2) is 11.6. The third kappa shape index (κ3) is 5.61. The average Bonchev–Trinajstić information content (AvgIpc) is 3.58. The summed E-state index contributed by atoms with van der Waals surface area (Å²) < 4.78 is 43.3. The third-order valence-corrected chi connectivity index (χ3v) is 8.49. The zero-order chi connectivity index (χ0) is 30.2. The molecule has 1 N–H and O–H groups in total.